The summed E-state index contributed by atoms with van der Waals surface area (Å²) in [5, 5.41) is 18.9. The van der Waals surface area contributed by atoms with Crippen LogP contribution in [-0.2, 0) is 11.3 Å². The van der Waals surface area contributed by atoms with Gasteiger partial charge in [-0.1, -0.05) is 6.07 Å². The van der Waals surface area contributed by atoms with E-state index in [9.17, 15) is 23.9 Å². The lowest BCUT2D eigenvalue weighted by Crippen LogP contribution is -2.40. The van der Waals surface area contributed by atoms with Crippen molar-refractivity contribution in [2.24, 2.45) is 5.92 Å². The van der Waals surface area contributed by atoms with Crippen molar-refractivity contribution in [3.05, 3.63) is 53.2 Å². The molecule has 3 amide bonds. The maximum Gasteiger partial charge on any atom is 0.556 e. The molecule has 0 saturated carbocycles. The van der Waals surface area contributed by atoms with Crippen LogP contribution in [0.15, 0.2) is 34.9 Å². The number of carbonyl (C=O) groups excluding carboxylic acids is 3. The fourth-order valence-electron chi connectivity index (χ4n) is 4.39. The molecule has 12 nitrogen and oxygen atoms in total. The molecule has 0 unspecified atom stereocenters. The largest absolute Gasteiger partial charge is 0.556 e. The van der Waals surface area contributed by atoms with E-state index in [1.165, 1.54) is 13.0 Å². The molecule has 4 N–H and O–H groups in total. The van der Waals surface area contributed by atoms with Crippen molar-refractivity contribution in [1.82, 2.24) is 30.1 Å². The number of piperidine rings is 1. The lowest BCUT2D eigenvalue weighted by molar-refractivity contribution is -0.374. The van der Waals surface area contributed by atoms with Crippen LogP contribution in [0.2, 0.25) is 0 Å². The van der Waals surface area contributed by atoms with Gasteiger partial charge in [-0.15, -0.1) is 4.98 Å². The third-order valence-electron chi connectivity index (χ3n) is 6.45. The summed E-state index contributed by atoms with van der Waals surface area (Å²) in [4.78, 5) is 45.9. The number of aromatic hydroxyl groups is 1. The second-order valence-electron chi connectivity index (χ2n) is 8.96. The molecule has 37 heavy (non-hydrogen) atoms. The van der Waals surface area contributed by atoms with Crippen LogP contribution >= 0.6 is 0 Å². The molecule has 1 aliphatic heterocycles. The zero-order chi connectivity index (χ0) is 26.1. The highest BCUT2D eigenvalue weighted by Gasteiger charge is 2.24. The number of halogens is 1. The summed E-state index contributed by atoms with van der Waals surface area (Å²) in [6.07, 6.45) is 2.13. The van der Waals surface area contributed by atoms with Crippen LogP contribution in [0, 0.1) is 11.7 Å². The number of carbonyl (C=O) groups is 3. The summed E-state index contributed by atoms with van der Waals surface area (Å²) in [7, 11) is 0. The molecule has 1 fully saturated rings. The number of rotatable bonds is 6. The Morgan fingerprint density at radius 1 is 1.19 bits per heavy atom. The summed E-state index contributed by atoms with van der Waals surface area (Å²) in [6.45, 7) is 3.30. The Hall–Kier alpha value is -4.55. The van der Waals surface area contributed by atoms with Gasteiger partial charge in [0, 0.05) is 45.2 Å². The predicted octanol–water partition coefficient (Wildman–Crippen LogP) is 1.05. The number of H-pyrrole nitrogens is 1. The molecule has 1 saturated heterocycles. The van der Waals surface area contributed by atoms with Crippen molar-refractivity contribution in [3.8, 4) is 6.08 Å². The Morgan fingerprint density at radius 2 is 1.97 bits per heavy atom. The number of aromatic amines is 1. The van der Waals surface area contributed by atoms with E-state index in [2.05, 4.69) is 25.7 Å². The van der Waals surface area contributed by atoms with Gasteiger partial charge >= 0.3 is 6.08 Å². The molecule has 13 heteroatoms. The Balaban J connectivity index is 1.29. The minimum absolute atomic E-state index is 0.0230. The molecular weight excluding hydrogens is 485 g/mol. The van der Waals surface area contributed by atoms with E-state index < -0.39 is 17.6 Å². The van der Waals surface area contributed by atoms with Crippen LogP contribution in [0.5, 0.6) is 6.08 Å². The number of fused-ring (bicyclic) bond motifs is 2. The van der Waals surface area contributed by atoms with Crippen LogP contribution < -0.4 is 15.6 Å². The normalized spacial score (nSPS) is 14.3. The summed E-state index contributed by atoms with van der Waals surface area (Å²) >= 11 is 0. The van der Waals surface area contributed by atoms with E-state index in [1.807, 2.05) is 0 Å². The second kappa shape index (κ2) is 9.84. The van der Waals surface area contributed by atoms with Gasteiger partial charge in [-0.2, -0.15) is 5.10 Å². The quantitative estimate of drug-likeness (QED) is 0.350. The van der Waals surface area contributed by atoms with Crippen LogP contribution in [0.3, 0.4) is 0 Å². The van der Waals surface area contributed by atoms with Crippen molar-refractivity contribution in [1.29, 1.82) is 0 Å². The van der Waals surface area contributed by atoms with E-state index in [-0.39, 0.29) is 41.5 Å². The smallest absolute Gasteiger partial charge is 0.429 e. The number of oxazole rings is 1. The molecule has 1 aromatic carbocycles. The summed E-state index contributed by atoms with van der Waals surface area (Å²) in [5.74, 6) is -1.65. The summed E-state index contributed by atoms with van der Waals surface area (Å²) in [6, 6.07) is 6.33. The van der Waals surface area contributed by atoms with Gasteiger partial charge < -0.3 is 25.1 Å². The Bertz CT molecular complexity index is 1510. The first kappa shape index (κ1) is 24.2. The Labute approximate surface area is 209 Å². The third-order valence-corrected chi connectivity index (χ3v) is 6.45. The molecule has 4 heterocycles. The molecule has 192 valence electrons. The zero-order valence-corrected chi connectivity index (χ0v) is 20.0. The molecular formula is C24H25FN7O5+. The highest BCUT2D eigenvalue weighted by molar-refractivity contribution is 5.98. The van der Waals surface area contributed by atoms with Crippen molar-refractivity contribution in [2.75, 3.05) is 19.6 Å². The van der Waals surface area contributed by atoms with Gasteiger partial charge in [0.15, 0.2) is 11.5 Å². The first-order chi connectivity index (χ1) is 17.8. The lowest BCUT2D eigenvalue weighted by atomic mass is 9.97. The number of aromatic nitrogens is 4. The van der Waals surface area contributed by atoms with Gasteiger partial charge in [-0.05, 0) is 30.4 Å². The number of nitrogens with zero attached hydrogens (tertiary/aromatic N) is 4. The van der Waals surface area contributed by atoms with Gasteiger partial charge in [-0.3, -0.25) is 14.4 Å². The van der Waals surface area contributed by atoms with E-state index >= 15 is 0 Å². The average molecular weight is 511 g/mol. The zero-order valence-electron chi connectivity index (χ0n) is 20.0. The molecule has 3 aromatic heterocycles. The minimum Gasteiger partial charge on any atom is -0.429 e. The van der Waals surface area contributed by atoms with Crippen LogP contribution in [0.25, 0.3) is 16.7 Å². The monoisotopic (exact) mass is 510 g/mol. The van der Waals surface area contributed by atoms with Gasteiger partial charge in [0.1, 0.15) is 11.4 Å². The maximum atomic E-state index is 14.3. The molecule has 1 aliphatic rings. The summed E-state index contributed by atoms with van der Waals surface area (Å²) < 4.78 is 20.5. The number of likely N-dealkylation sites (tertiary alicyclic amines) is 1. The lowest BCUT2D eigenvalue weighted by Gasteiger charge is -2.31. The van der Waals surface area contributed by atoms with E-state index in [0.717, 1.165) is 23.6 Å². The fourth-order valence-corrected chi connectivity index (χ4v) is 4.39. The Morgan fingerprint density at radius 3 is 2.73 bits per heavy atom. The maximum absolute atomic E-state index is 14.3. The molecule has 0 spiro atoms. The number of hydrogen-bond donors (Lipinski definition) is 3. The average Bonchev–Trinajstić information content (AvgIpc) is 3.46. The van der Waals surface area contributed by atoms with Gasteiger partial charge in [-0.25, -0.2) is 13.9 Å². The third kappa shape index (κ3) is 5.06. The van der Waals surface area contributed by atoms with Gasteiger partial charge in [0.05, 0.1) is 6.20 Å². The van der Waals surface area contributed by atoms with E-state index in [1.54, 1.807) is 23.1 Å². The summed E-state index contributed by atoms with van der Waals surface area (Å²) in [5.41, 5.74) is 1.32. The predicted molar refractivity (Wildman–Crippen MR) is 126 cm³/mol. The molecule has 0 bridgehead atoms. The minimum atomic E-state index is -0.763. The second-order valence-corrected chi connectivity index (χ2v) is 8.96. The van der Waals surface area contributed by atoms with Crippen LogP contribution in [-0.4, -0.2) is 62.0 Å². The highest BCUT2D eigenvalue weighted by Crippen LogP contribution is 2.18. The van der Waals surface area contributed by atoms with Gasteiger partial charge in [0.2, 0.25) is 11.5 Å². The van der Waals surface area contributed by atoms with Gasteiger partial charge in [0.25, 0.3) is 17.3 Å². The fraction of sp³-hybridized carbons (Fsp3) is 0.333. The molecule has 4 aromatic rings. The highest BCUT2D eigenvalue weighted by atomic mass is 19.1. The molecule has 0 radical (unpaired) electrons. The van der Waals surface area contributed by atoms with E-state index in [0.29, 0.717) is 36.3 Å². The van der Waals surface area contributed by atoms with Crippen LogP contribution in [0.4, 0.5) is 4.39 Å². The van der Waals surface area contributed by atoms with Crippen molar-refractivity contribution >= 4 is 34.5 Å². The van der Waals surface area contributed by atoms with Crippen molar-refractivity contribution in [3.63, 3.8) is 0 Å². The molecule has 5 rings (SSSR count). The topological polar surface area (TPSA) is 156 Å². The number of nitrogens with one attached hydrogen (secondary N) is 3. The van der Waals surface area contributed by atoms with Crippen molar-refractivity contribution < 1.29 is 33.3 Å². The van der Waals surface area contributed by atoms with Crippen LogP contribution in [0.1, 0.15) is 46.3 Å². The molecule has 0 aliphatic carbocycles. The van der Waals surface area contributed by atoms with Crippen molar-refractivity contribution in [2.45, 2.75) is 26.3 Å². The first-order valence-electron chi connectivity index (χ1n) is 11.8. The standard InChI is InChI=1S/C24H24FN7O5/c1-13(33)31-6-4-14(5-7-31)10-27-23(35)19-9-18(29-21-16(25)12-28-32(19)21)22(34)26-11-15-2-3-20-17(8-15)30-24(36)37-20/h2-3,8-9,12,14H,4-7,10-11H2,1H3,(H,26,34)(H,27,35)(H,30,36)/p+1. The first-order valence-corrected chi connectivity index (χ1v) is 11.8. The SMILES string of the molecule is CC(=O)N1CCC(CNC(=O)c2cc(C(=O)NCc3ccc4oc(O)[nH+]c4c3)nc3c(F)cnn23)CC1. The number of hydrogen-bond acceptors (Lipinski definition) is 7. The molecule has 0 atom stereocenters. The number of benzene rings is 1. The number of amides is 3. The Kier molecular flexibility index (Phi) is 6.42. The van der Waals surface area contributed by atoms with E-state index in [4.69, 9.17) is 4.42 Å².